The van der Waals surface area contributed by atoms with Crippen LogP contribution in [-0.4, -0.2) is 34.6 Å². The molecule has 208 valence electrons. The molecule has 4 rings (SSSR count). The molecule has 2 aromatic carbocycles. The first-order valence-corrected chi connectivity index (χ1v) is 14.5. The van der Waals surface area contributed by atoms with E-state index in [9.17, 15) is 22.7 Å². The topological polar surface area (TPSA) is 111 Å². The lowest BCUT2D eigenvalue weighted by Crippen LogP contribution is -2.41. The molecule has 1 aliphatic rings. The fraction of sp³-hybridized carbons (Fsp3) is 0.379. The molecule has 2 N–H and O–H groups in total. The van der Waals surface area contributed by atoms with E-state index in [2.05, 4.69) is 9.71 Å². The van der Waals surface area contributed by atoms with Crippen LogP contribution in [0.2, 0.25) is 0 Å². The molecule has 2 atom stereocenters. The van der Waals surface area contributed by atoms with Gasteiger partial charge in [0, 0.05) is 31.3 Å². The third-order valence-corrected chi connectivity index (χ3v) is 8.34. The van der Waals surface area contributed by atoms with E-state index in [0.29, 0.717) is 36.9 Å². The highest BCUT2D eigenvalue weighted by molar-refractivity contribution is 7.92. The summed E-state index contributed by atoms with van der Waals surface area (Å²) in [7, 11) is -2.22. The van der Waals surface area contributed by atoms with Gasteiger partial charge in [-0.1, -0.05) is 44.5 Å². The molecule has 0 saturated heterocycles. The number of cyclic esters (lactones) is 1. The Morgan fingerprint density at radius 1 is 1.18 bits per heavy atom. The summed E-state index contributed by atoms with van der Waals surface area (Å²) in [5.41, 5.74) is 1.25. The van der Waals surface area contributed by atoms with Crippen LogP contribution in [-0.2, 0) is 33.0 Å². The van der Waals surface area contributed by atoms with E-state index in [1.807, 2.05) is 13.8 Å². The Kier molecular flexibility index (Phi) is 8.44. The lowest BCUT2D eigenvalue weighted by molar-refractivity contribution is -0.161. The summed E-state index contributed by atoms with van der Waals surface area (Å²) in [6.45, 7) is 3.89. The molecule has 0 spiro atoms. The van der Waals surface area contributed by atoms with E-state index in [4.69, 9.17) is 4.74 Å². The number of esters is 1. The number of aliphatic hydroxyl groups is 1. The van der Waals surface area contributed by atoms with Gasteiger partial charge in [-0.2, -0.15) is 8.42 Å². The maximum Gasteiger partial charge on any atom is 0.338 e. The molecule has 10 heteroatoms. The van der Waals surface area contributed by atoms with Crippen LogP contribution in [0.3, 0.4) is 0 Å². The molecule has 0 radical (unpaired) electrons. The Morgan fingerprint density at radius 2 is 1.92 bits per heavy atom. The van der Waals surface area contributed by atoms with Crippen LogP contribution in [0, 0.1) is 5.82 Å². The Hall–Kier alpha value is -3.66. The van der Waals surface area contributed by atoms with Crippen molar-refractivity contribution in [3.8, 4) is 0 Å². The van der Waals surface area contributed by atoms with E-state index in [0.717, 1.165) is 12.0 Å². The van der Waals surface area contributed by atoms with Crippen LogP contribution >= 0.6 is 0 Å². The predicted molar refractivity (Wildman–Crippen MR) is 146 cm³/mol. The van der Waals surface area contributed by atoms with Gasteiger partial charge in [-0.15, -0.1) is 0 Å². The van der Waals surface area contributed by atoms with Crippen LogP contribution in [0.15, 0.2) is 77.4 Å². The molecular weight excluding hydrogens is 521 g/mol. The SMILES string of the molecule is CCC[C@]1(CCc2ccc(F)cc2)CC(O)=C(C(CC)c2cccc(NS(=O)(=O)c3cn(C)cn3)c2)C(=O)O1. The molecule has 8 nitrogen and oxygen atoms in total. The van der Waals surface area contributed by atoms with Gasteiger partial charge in [0.2, 0.25) is 0 Å². The number of hydrogen-bond donors (Lipinski definition) is 2. The minimum Gasteiger partial charge on any atom is -0.512 e. The van der Waals surface area contributed by atoms with Gasteiger partial charge in [0.05, 0.1) is 11.9 Å². The Labute approximate surface area is 228 Å². The second-order valence-corrected chi connectivity index (χ2v) is 11.7. The number of imidazole rings is 1. The molecule has 2 heterocycles. The number of benzene rings is 2. The van der Waals surface area contributed by atoms with E-state index < -0.39 is 27.5 Å². The van der Waals surface area contributed by atoms with Gasteiger partial charge in [-0.3, -0.25) is 4.72 Å². The second kappa shape index (κ2) is 11.6. The Morgan fingerprint density at radius 3 is 2.54 bits per heavy atom. The van der Waals surface area contributed by atoms with Gasteiger partial charge in [0.1, 0.15) is 17.2 Å². The fourth-order valence-electron chi connectivity index (χ4n) is 5.19. The normalized spacial score (nSPS) is 18.6. The summed E-state index contributed by atoms with van der Waals surface area (Å²) < 4.78 is 49.0. The van der Waals surface area contributed by atoms with Crippen molar-refractivity contribution in [2.75, 3.05) is 4.72 Å². The Balaban J connectivity index is 1.58. The number of aryl methyl sites for hydroxylation is 2. The van der Waals surface area contributed by atoms with Crippen molar-refractivity contribution in [2.24, 2.45) is 7.05 Å². The zero-order chi connectivity index (χ0) is 28.2. The molecule has 1 unspecified atom stereocenters. The maximum absolute atomic E-state index is 13.4. The first-order chi connectivity index (χ1) is 18.6. The van der Waals surface area contributed by atoms with Crippen molar-refractivity contribution in [3.05, 3.63) is 89.3 Å². The van der Waals surface area contributed by atoms with Crippen molar-refractivity contribution < 1.29 is 27.4 Å². The van der Waals surface area contributed by atoms with Crippen molar-refractivity contribution in [1.82, 2.24) is 9.55 Å². The number of sulfonamides is 1. The van der Waals surface area contributed by atoms with Gasteiger partial charge in [-0.05, 0) is 61.1 Å². The first-order valence-electron chi connectivity index (χ1n) is 13.1. The summed E-state index contributed by atoms with van der Waals surface area (Å²) in [6, 6.07) is 13.0. The quantitative estimate of drug-likeness (QED) is 0.290. The van der Waals surface area contributed by atoms with Crippen LogP contribution < -0.4 is 4.72 Å². The highest BCUT2D eigenvalue weighted by Crippen LogP contribution is 2.42. The molecule has 0 bridgehead atoms. The highest BCUT2D eigenvalue weighted by Gasteiger charge is 2.43. The number of nitrogens with one attached hydrogen (secondary N) is 1. The van der Waals surface area contributed by atoms with E-state index in [-0.39, 0.29) is 28.6 Å². The fourth-order valence-corrected chi connectivity index (χ4v) is 6.23. The van der Waals surface area contributed by atoms with Crippen molar-refractivity contribution >= 4 is 21.7 Å². The van der Waals surface area contributed by atoms with Gasteiger partial charge in [-0.25, -0.2) is 14.2 Å². The number of hydrogen-bond acceptors (Lipinski definition) is 6. The monoisotopic (exact) mass is 555 g/mol. The van der Waals surface area contributed by atoms with Gasteiger partial charge < -0.3 is 14.4 Å². The molecule has 0 amide bonds. The standard InChI is InChI=1S/C29H34FN3O5S/c1-4-14-29(15-13-20-9-11-22(30)12-10-20)17-25(34)27(28(35)38-29)24(5-2)21-7-6-8-23(16-21)32-39(36,37)26-18-33(3)19-31-26/h6-12,16,18-19,24,32,34H,4-5,13-15,17H2,1-3H3/t24?,29-/m0/s1. The number of aliphatic hydroxyl groups excluding tert-OH is 1. The average molecular weight is 556 g/mol. The van der Waals surface area contributed by atoms with Crippen molar-refractivity contribution in [3.63, 3.8) is 0 Å². The number of carbonyl (C=O) groups excluding carboxylic acids is 1. The van der Waals surface area contributed by atoms with E-state index >= 15 is 0 Å². The molecular formula is C29H34FN3O5S. The summed E-state index contributed by atoms with van der Waals surface area (Å²) in [5, 5.41) is 11.1. The molecule has 3 aromatic rings. The minimum atomic E-state index is -3.90. The van der Waals surface area contributed by atoms with Crippen molar-refractivity contribution in [1.29, 1.82) is 0 Å². The number of aromatic nitrogens is 2. The number of ether oxygens (including phenoxy) is 1. The highest BCUT2D eigenvalue weighted by atomic mass is 32.2. The van der Waals surface area contributed by atoms with E-state index in [1.54, 1.807) is 48.0 Å². The van der Waals surface area contributed by atoms with Crippen LogP contribution in [0.4, 0.5) is 10.1 Å². The Bertz CT molecular complexity index is 1470. The van der Waals surface area contributed by atoms with Gasteiger partial charge in [0.25, 0.3) is 10.0 Å². The zero-order valence-electron chi connectivity index (χ0n) is 22.4. The van der Waals surface area contributed by atoms with Crippen LogP contribution in [0.1, 0.15) is 63.0 Å². The molecule has 1 aromatic heterocycles. The number of nitrogens with zero attached hydrogens (tertiary/aromatic N) is 2. The van der Waals surface area contributed by atoms with Crippen LogP contribution in [0.5, 0.6) is 0 Å². The lowest BCUT2D eigenvalue weighted by atomic mass is 9.80. The number of halogens is 1. The second-order valence-electron chi connectivity index (χ2n) is 10.1. The summed E-state index contributed by atoms with van der Waals surface area (Å²) in [6.07, 6.45) is 5.89. The first kappa shape index (κ1) is 28.4. The molecule has 0 fully saturated rings. The summed E-state index contributed by atoms with van der Waals surface area (Å²) in [4.78, 5) is 17.3. The predicted octanol–water partition coefficient (Wildman–Crippen LogP) is 5.78. The summed E-state index contributed by atoms with van der Waals surface area (Å²) in [5.74, 6) is -1.38. The smallest absolute Gasteiger partial charge is 0.338 e. The molecule has 0 saturated carbocycles. The third kappa shape index (κ3) is 6.50. The number of carbonyl (C=O) groups is 1. The maximum atomic E-state index is 13.4. The lowest BCUT2D eigenvalue weighted by Gasteiger charge is -2.38. The van der Waals surface area contributed by atoms with Crippen LogP contribution in [0.25, 0.3) is 0 Å². The molecule has 39 heavy (non-hydrogen) atoms. The minimum absolute atomic E-state index is 0.00914. The zero-order valence-corrected chi connectivity index (χ0v) is 23.2. The summed E-state index contributed by atoms with van der Waals surface area (Å²) >= 11 is 0. The van der Waals surface area contributed by atoms with Crippen molar-refractivity contribution in [2.45, 2.75) is 68.9 Å². The molecule has 1 aliphatic heterocycles. The van der Waals surface area contributed by atoms with Gasteiger partial charge in [0.15, 0.2) is 5.03 Å². The number of rotatable bonds is 11. The third-order valence-electron chi connectivity index (χ3n) is 7.07. The van der Waals surface area contributed by atoms with Gasteiger partial charge >= 0.3 is 5.97 Å². The number of anilines is 1. The largest absolute Gasteiger partial charge is 0.512 e. The molecule has 0 aliphatic carbocycles. The average Bonchev–Trinajstić information content (AvgIpc) is 3.33. The van der Waals surface area contributed by atoms with E-state index in [1.165, 1.54) is 24.7 Å².